The molecule has 2 unspecified atom stereocenters. The minimum Gasteiger partial charge on any atom is -0.489 e. The Labute approximate surface area is 127 Å². The van der Waals surface area contributed by atoms with Gasteiger partial charge in [-0.05, 0) is 29.9 Å². The number of halogens is 1. The molecule has 2 atom stereocenters. The third-order valence-electron chi connectivity index (χ3n) is 5.18. The number of ether oxygens (including phenoxy) is 1. The summed E-state index contributed by atoms with van der Waals surface area (Å²) in [5.74, 6) is 1.06. The fourth-order valence-corrected chi connectivity index (χ4v) is 4.40. The van der Waals surface area contributed by atoms with Gasteiger partial charge in [-0.2, -0.15) is 0 Å². The van der Waals surface area contributed by atoms with E-state index >= 15 is 0 Å². The molecule has 2 heteroatoms. The van der Waals surface area contributed by atoms with Gasteiger partial charge in [-0.15, -0.1) is 11.6 Å². The van der Waals surface area contributed by atoms with Gasteiger partial charge in [-0.3, -0.25) is 0 Å². The summed E-state index contributed by atoms with van der Waals surface area (Å²) in [7, 11) is 0. The van der Waals surface area contributed by atoms with Crippen molar-refractivity contribution in [2.75, 3.05) is 0 Å². The third-order valence-corrected chi connectivity index (χ3v) is 5.80. The van der Waals surface area contributed by atoms with Crippen LogP contribution in [-0.4, -0.2) is 11.5 Å². The molecule has 0 bridgehead atoms. The normalized spacial score (nSPS) is 28.4. The Morgan fingerprint density at radius 2 is 1.80 bits per heavy atom. The molecule has 1 aromatic rings. The third kappa shape index (κ3) is 2.24. The summed E-state index contributed by atoms with van der Waals surface area (Å²) in [5, 5.41) is 0.316. The van der Waals surface area contributed by atoms with E-state index in [1.807, 2.05) is 0 Å². The van der Waals surface area contributed by atoms with Crippen LogP contribution in [0.3, 0.4) is 0 Å². The maximum Gasteiger partial charge on any atom is 0.123 e. The molecule has 1 aromatic carbocycles. The molecule has 20 heavy (non-hydrogen) atoms. The molecule has 0 radical (unpaired) electrons. The average molecular weight is 293 g/mol. The predicted octanol–water partition coefficient (Wildman–Crippen LogP) is 5.30. The first-order chi connectivity index (χ1) is 9.43. The molecular formula is C18H25ClO. The fourth-order valence-electron chi connectivity index (χ4n) is 3.87. The molecule has 110 valence electrons. The van der Waals surface area contributed by atoms with Crippen molar-refractivity contribution in [3.05, 3.63) is 29.8 Å². The van der Waals surface area contributed by atoms with E-state index in [-0.39, 0.29) is 10.8 Å². The average Bonchev–Trinajstić information content (AvgIpc) is 2.90. The number of hydrogen-bond acceptors (Lipinski definition) is 1. The molecule has 0 heterocycles. The van der Waals surface area contributed by atoms with Crippen molar-refractivity contribution in [2.45, 2.75) is 69.8 Å². The lowest BCUT2D eigenvalue weighted by Gasteiger charge is -2.51. The quantitative estimate of drug-likeness (QED) is 0.672. The van der Waals surface area contributed by atoms with Crippen molar-refractivity contribution >= 4 is 11.6 Å². The van der Waals surface area contributed by atoms with Crippen molar-refractivity contribution < 1.29 is 4.74 Å². The highest BCUT2D eigenvalue weighted by Gasteiger charge is 2.57. The minimum absolute atomic E-state index is 0.115. The van der Waals surface area contributed by atoms with Crippen molar-refractivity contribution in [2.24, 2.45) is 5.41 Å². The maximum absolute atomic E-state index is 6.52. The Kier molecular flexibility index (Phi) is 3.52. The monoisotopic (exact) mass is 292 g/mol. The zero-order chi connectivity index (χ0) is 14.4. The first kappa shape index (κ1) is 14.3. The van der Waals surface area contributed by atoms with E-state index in [9.17, 15) is 0 Å². The zero-order valence-electron chi connectivity index (χ0n) is 12.8. The molecule has 3 rings (SSSR count). The molecule has 2 saturated carbocycles. The number of para-hydroxylation sites is 1. The van der Waals surface area contributed by atoms with Crippen molar-refractivity contribution in [1.82, 2.24) is 0 Å². The molecule has 0 saturated heterocycles. The van der Waals surface area contributed by atoms with Gasteiger partial charge in [0.2, 0.25) is 0 Å². The second-order valence-electron chi connectivity index (χ2n) is 7.50. The molecule has 0 aromatic heterocycles. The predicted molar refractivity (Wildman–Crippen MR) is 84.7 cm³/mol. The largest absolute Gasteiger partial charge is 0.489 e. The van der Waals surface area contributed by atoms with Crippen LogP contribution < -0.4 is 4.74 Å². The van der Waals surface area contributed by atoms with Crippen molar-refractivity contribution in [3.63, 3.8) is 0 Å². The van der Waals surface area contributed by atoms with Crippen LogP contribution >= 0.6 is 11.6 Å². The SMILES string of the molecule is CC(C)(C)c1ccccc1OC1CC(Cl)C12CCCC2. The van der Waals surface area contributed by atoms with Crippen molar-refractivity contribution in [1.29, 1.82) is 0 Å². The first-order valence-electron chi connectivity index (χ1n) is 7.84. The van der Waals surface area contributed by atoms with Crippen LogP contribution in [0.2, 0.25) is 0 Å². The molecule has 0 N–H and O–H groups in total. The fraction of sp³-hybridized carbons (Fsp3) is 0.667. The van der Waals surface area contributed by atoms with E-state index in [0.29, 0.717) is 11.5 Å². The van der Waals surface area contributed by atoms with Crippen LogP contribution in [0.5, 0.6) is 5.75 Å². The highest BCUT2D eigenvalue weighted by Crippen LogP contribution is 2.57. The zero-order valence-corrected chi connectivity index (χ0v) is 13.5. The summed E-state index contributed by atoms with van der Waals surface area (Å²) in [5.41, 5.74) is 1.67. The second kappa shape index (κ2) is 4.94. The van der Waals surface area contributed by atoms with Gasteiger partial charge in [0, 0.05) is 17.2 Å². The molecule has 2 aliphatic carbocycles. The lowest BCUT2D eigenvalue weighted by molar-refractivity contribution is -0.0364. The van der Waals surface area contributed by atoms with Gasteiger partial charge in [0.05, 0.1) is 0 Å². The summed E-state index contributed by atoms with van der Waals surface area (Å²) in [6.07, 6.45) is 6.41. The van der Waals surface area contributed by atoms with Crippen molar-refractivity contribution in [3.8, 4) is 5.75 Å². The van der Waals surface area contributed by atoms with Gasteiger partial charge in [-0.1, -0.05) is 51.8 Å². The van der Waals surface area contributed by atoms with Gasteiger partial charge in [-0.25, -0.2) is 0 Å². The molecule has 2 fully saturated rings. The summed E-state index contributed by atoms with van der Waals surface area (Å²) in [6.45, 7) is 6.73. The molecule has 1 nitrogen and oxygen atoms in total. The van der Waals surface area contributed by atoms with E-state index in [1.54, 1.807) is 0 Å². The highest BCUT2D eigenvalue weighted by atomic mass is 35.5. The lowest BCUT2D eigenvalue weighted by atomic mass is 9.64. The van der Waals surface area contributed by atoms with Crippen LogP contribution in [0, 0.1) is 5.41 Å². The van der Waals surface area contributed by atoms with Gasteiger partial charge in [0.15, 0.2) is 0 Å². The first-order valence-corrected chi connectivity index (χ1v) is 8.27. The molecule has 1 spiro atoms. The van der Waals surface area contributed by atoms with Crippen LogP contribution in [0.4, 0.5) is 0 Å². The van der Waals surface area contributed by atoms with Gasteiger partial charge < -0.3 is 4.74 Å². The van der Waals surface area contributed by atoms with E-state index < -0.39 is 0 Å². The van der Waals surface area contributed by atoms with Crippen LogP contribution in [0.15, 0.2) is 24.3 Å². The van der Waals surface area contributed by atoms with Gasteiger partial charge >= 0.3 is 0 Å². The van der Waals surface area contributed by atoms with Gasteiger partial charge in [0.25, 0.3) is 0 Å². The molecule has 2 aliphatic rings. The maximum atomic E-state index is 6.52. The van der Waals surface area contributed by atoms with E-state index in [0.717, 1.165) is 12.2 Å². The molecule has 0 aliphatic heterocycles. The lowest BCUT2D eigenvalue weighted by Crippen LogP contribution is -2.55. The summed E-state index contributed by atoms with van der Waals surface area (Å²) >= 11 is 6.52. The van der Waals surface area contributed by atoms with E-state index in [2.05, 4.69) is 45.0 Å². The Balaban J connectivity index is 1.83. The topological polar surface area (TPSA) is 9.23 Å². The number of alkyl halides is 1. The standard InChI is InChI=1S/C18H25ClO/c1-17(2,3)13-8-4-5-9-14(13)20-16-12-15(19)18(16)10-6-7-11-18/h4-5,8-9,15-16H,6-7,10-12H2,1-3H3. The Hall–Kier alpha value is -0.690. The Morgan fingerprint density at radius 1 is 1.15 bits per heavy atom. The summed E-state index contributed by atoms with van der Waals surface area (Å²) in [4.78, 5) is 0. The summed E-state index contributed by atoms with van der Waals surface area (Å²) in [6, 6.07) is 8.48. The highest BCUT2D eigenvalue weighted by molar-refractivity contribution is 6.21. The summed E-state index contributed by atoms with van der Waals surface area (Å²) < 4.78 is 6.43. The number of rotatable bonds is 2. The van der Waals surface area contributed by atoms with E-state index in [1.165, 1.54) is 31.2 Å². The van der Waals surface area contributed by atoms with Gasteiger partial charge in [0.1, 0.15) is 11.9 Å². The second-order valence-corrected chi connectivity index (χ2v) is 8.02. The molecular weight excluding hydrogens is 268 g/mol. The van der Waals surface area contributed by atoms with Crippen LogP contribution in [-0.2, 0) is 5.41 Å². The van der Waals surface area contributed by atoms with E-state index in [4.69, 9.17) is 16.3 Å². The smallest absolute Gasteiger partial charge is 0.123 e. The van der Waals surface area contributed by atoms with Crippen LogP contribution in [0.25, 0.3) is 0 Å². The minimum atomic E-state index is 0.115. The Morgan fingerprint density at radius 3 is 2.40 bits per heavy atom. The Bertz CT molecular complexity index is 482. The molecule has 0 amide bonds. The van der Waals surface area contributed by atoms with Crippen LogP contribution in [0.1, 0.15) is 58.4 Å². The number of hydrogen-bond donors (Lipinski definition) is 0. The number of benzene rings is 1.